The Morgan fingerprint density at radius 1 is 1.10 bits per heavy atom. The van der Waals surface area contributed by atoms with Gasteiger partial charge in [0.05, 0.1) is 24.1 Å². The van der Waals surface area contributed by atoms with Crippen molar-refractivity contribution in [1.82, 2.24) is 34.3 Å². The molecule has 5 rings (SSSR count). The number of fused-ring (bicyclic) bond motifs is 1. The molecule has 1 aliphatic rings. The maximum Gasteiger partial charge on any atom is 0.169 e. The van der Waals surface area contributed by atoms with Gasteiger partial charge in [0.25, 0.3) is 0 Å². The summed E-state index contributed by atoms with van der Waals surface area (Å²) < 4.78 is 9.16. The topological polar surface area (TPSA) is 121 Å². The van der Waals surface area contributed by atoms with Gasteiger partial charge in [-0.2, -0.15) is 10.2 Å². The molecule has 0 saturated carbocycles. The summed E-state index contributed by atoms with van der Waals surface area (Å²) in [5.41, 5.74) is 9.50. The van der Waals surface area contributed by atoms with Gasteiger partial charge in [-0.05, 0) is 24.5 Å². The highest BCUT2D eigenvalue weighted by molar-refractivity contribution is 5.64. The predicted molar refractivity (Wildman–Crippen MR) is 107 cm³/mol. The molecule has 0 aromatic carbocycles. The van der Waals surface area contributed by atoms with Crippen LogP contribution in [0.3, 0.4) is 0 Å². The minimum Gasteiger partial charge on any atom is -0.381 e. The van der Waals surface area contributed by atoms with Gasteiger partial charge in [0.15, 0.2) is 17.3 Å². The van der Waals surface area contributed by atoms with E-state index in [1.54, 1.807) is 10.7 Å². The number of nitrogens with one attached hydrogen (secondary N) is 1. The Labute approximate surface area is 166 Å². The zero-order valence-corrected chi connectivity index (χ0v) is 15.8. The van der Waals surface area contributed by atoms with Crippen molar-refractivity contribution in [1.29, 1.82) is 0 Å². The first-order valence-corrected chi connectivity index (χ1v) is 9.53. The second kappa shape index (κ2) is 7.47. The molecule has 1 fully saturated rings. The Morgan fingerprint density at radius 3 is 2.90 bits per heavy atom. The molecule has 0 aliphatic carbocycles. The Bertz CT molecular complexity index is 1130. The largest absolute Gasteiger partial charge is 0.381 e. The Kier molecular flexibility index (Phi) is 4.53. The molecule has 0 amide bonds. The first-order valence-electron chi connectivity index (χ1n) is 9.53. The second-order valence-electron chi connectivity index (χ2n) is 7.00. The van der Waals surface area contributed by atoms with Crippen molar-refractivity contribution in [3.05, 3.63) is 48.8 Å². The van der Waals surface area contributed by atoms with E-state index in [0.29, 0.717) is 24.2 Å². The van der Waals surface area contributed by atoms with E-state index in [-0.39, 0.29) is 0 Å². The van der Waals surface area contributed by atoms with Gasteiger partial charge in [-0.25, -0.2) is 19.5 Å². The zero-order valence-electron chi connectivity index (χ0n) is 15.8. The van der Waals surface area contributed by atoms with Gasteiger partial charge >= 0.3 is 0 Å². The van der Waals surface area contributed by atoms with E-state index in [0.717, 1.165) is 48.5 Å². The average Bonchev–Trinajstić information content (AvgIpc) is 3.43. The van der Waals surface area contributed by atoms with Gasteiger partial charge < -0.3 is 15.8 Å². The van der Waals surface area contributed by atoms with Gasteiger partial charge in [-0.1, -0.05) is 6.07 Å². The van der Waals surface area contributed by atoms with Crippen LogP contribution in [-0.4, -0.2) is 47.6 Å². The summed E-state index contributed by atoms with van der Waals surface area (Å²) in [5, 5.41) is 11.9. The van der Waals surface area contributed by atoms with Crippen LogP contribution in [0.25, 0.3) is 16.9 Å². The summed E-state index contributed by atoms with van der Waals surface area (Å²) in [6, 6.07) is 4.27. The monoisotopic (exact) mass is 391 g/mol. The SMILES string of the molecule is Nc1ncc(-c2cnn(C3CCOCC3)c2)nc1NCc1ccc2ncnn2c1. The lowest BCUT2D eigenvalue weighted by atomic mass is 10.1. The molecular formula is C19H21N9O. The molecule has 148 valence electrons. The molecule has 3 N–H and O–H groups in total. The van der Waals surface area contributed by atoms with Gasteiger partial charge in [-0.15, -0.1) is 0 Å². The van der Waals surface area contributed by atoms with Crippen LogP contribution in [0.2, 0.25) is 0 Å². The standard InChI is InChI=1S/C19H21N9O/c20-18-19(22-7-13-1-2-17-23-12-25-28(17)10-13)26-16(9-21-18)14-8-24-27(11-14)15-3-5-29-6-4-15/h1-2,8-12,15H,3-7H2,(H2,20,21)(H,22,26). The maximum atomic E-state index is 6.03. The van der Waals surface area contributed by atoms with Crippen molar-refractivity contribution in [2.75, 3.05) is 24.3 Å². The number of hydrogen-bond acceptors (Lipinski definition) is 8. The molecule has 4 aromatic heterocycles. The summed E-state index contributed by atoms with van der Waals surface area (Å²) in [7, 11) is 0. The summed E-state index contributed by atoms with van der Waals surface area (Å²) in [5.74, 6) is 0.896. The van der Waals surface area contributed by atoms with E-state index in [4.69, 9.17) is 10.5 Å². The third-order valence-electron chi connectivity index (χ3n) is 5.06. The highest BCUT2D eigenvalue weighted by atomic mass is 16.5. The van der Waals surface area contributed by atoms with Gasteiger partial charge in [0.1, 0.15) is 6.33 Å². The van der Waals surface area contributed by atoms with E-state index < -0.39 is 0 Å². The average molecular weight is 391 g/mol. The third kappa shape index (κ3) is 3.61. The highest BCUT2D eigenvalue weighted by Crippen LogP contribution is 2.25. The molecule has 0 bridgehead atoms. The molecule has 1 aliphatic heterocycles. The van der Waals surface area contributed by atoms with Crippen LogP contribution in [0.15, 0.2) is 43.2 Å². The molecular weight excluding hydrogens is 370 g/mol. The van der Waals surface area contributed by atoms with E-state index in [1.807, 2.05) is 35.4 Å². The smallest absolute Gasteiger partial charge is 0.169 e. The summed E-state index contributed by atoms with van der Waals surface area (Å²) in [4.78, 5) is 13.1. The fourth-order valence-corrected chi connectivity index (χ4v) is 3.44. The number of rotatable bonds is 5. The third-order valence-corrected chi connectivity index (χ3v) is 5.06. The van der Waals surface area contributed by atoms with Crippen molar-refractivity contribution >= 4 is 17.3 Å². The molecule has 29 heavy (non-hydrogen) atoms. The number of aromatic nitrogens is 7. The van der Waals surface area contributed by atoms with Crippen LogP contribution in [0.1, 0.15) is 24.4 Å². The summed E-state index contributed by atoms with van der Waals surface area (Å²) in [6.45, 7) is 2.09. The molecule has 0 spiro atoms. The van der Waals surface area contributed by atoms with Gasteiger partial charge in [-0.3, -0.25) is 4.68 Å². The highest BCUT2D eigenvalue weighted by Gasteiger charge is 2.17. The number of nitrogen functional groups attached to an aromatic ring is 1. The van der Waals surface area contributed by atoms with Crippen LogP contribution >= 0.6 is 0 Å². The molecule has 4 aromatic rings. The fraction of sp³-hybridized carbons (Fsp3) is 0.316. The second-order valence-corrected chi connectivity index (χ2v) is 7.00. The van der Waals surface area contributed by atoms with Crippen LogP contribution in [0.5, 0.6) is 0 Å². The molecule has 0 radical (unpaired) electrons. The molecule has 5 heterocycles. The zero-order chi connectivity index (χ0) is 19.6. The van der Waals surface area contributed by atoms with Crippen LogP contribution in [-0.2, 0) is 11.3 Å². The predicted octanol–water partition coefficient (Wildman–Crippen LogP) is 1.93. The van der Waals surface area contributed by atoms with E-state index in [2.05, 4.69) is 30.5 Å². The lowest BCUT2D eigenvalue weighted by Gasteiger charge is -2.22. The van der Waals surface area contributed by atoms with Gasteiger partial charge in [0, 0.05) is 37.7 Å². The summed E-state index contributed by atoms with van der Waals surface area (Å²) >= 11 is 0. The minimum atomic E-state index is 0.354. The van der Waals surface area contributed by atoms with Crippen molar-refractivity contribution in [2.24, 2.45) is 0 Å². The lowest BCUT2D eigenvalue weighted by Crippen LogP contribution is -2.19. The normalized spacial score (nSPS) is 15.0. The van der Waals surface area contributed by atoms with E-state index in [9.17, 15) is 0 Å². The number of ether oxygens (including phenoxy) is 1. The van der Waals surface area contributed by atoms with Crippen molar-refractivity contribution < 1.29 is 4.74 Å². The first kappa shape index (κ1) is 17.6. The van der Waals surface area contributed by atoms with Crippen LogP contribution in [0.4, 0.5) is 11.6 Å². The van der Waals surface area contributed by atoms with E-state index >= 15 is 0 Å². The quantitative estimate of drug-likeness (QED) is 0.529. The molecule has 10 heteroatoms. The van der Waals surface area contributed by atoms with Crippen molar-refractivity contribution in [2.45, 2.75) is 25.4 Å². The lowest BCUT2D eigenvalue weighted by molar-refractivity contribution is 0.0662. The van der Waals surface area contributed by atoms with Crippen molar-refractivity contribution in [3.8, 4) is 11.3 Å². The van der Waals surface area contributed by atoms with E-state index in [1.165, 1.54) is 6.33 Å². The molecule has 10 nitrogen and oxygen atoms in total. The maximum absolute atomic E-state index is 6.03. The number of nitrogens with two attached hydrogens (primary N) is 1. The Hall–Kier alpha value is -3.53. The number of nitrogens with zero attached hydrogens (tertiary/aromatic N) is 7. The number of hydrogen-bond donors (Lipinski definition) is 2. The first-order chi connectivity index (χ1) is 14.3. The summed E-state index contributed by atoms with van der Waals surface area (Å²) in [6.07, 6.45) is 10.9. The Balaban J connectivity index is 1.33. The molecule has 0 unspecified atom stereocenters. The van der Waals surface area contributed by atoms with Gasteiger partial charge in [0.2, 0.25) is 0 Å². The van der Waals surface area contributed by atoms with Crippen molar-refractivity contribution in [3.63, 3.8) is 0 Å². The molecule has 0 atom stereocenters. The Morgan fingerprint density at radius 2 is 2.00 bits per heavy atom. The number of pyridine rings is 1. The minimum absolute atomic E-state index is 0.354. The van der Waals surface area contributed by atoms with Crippen LogP contribution in [0, 0.1) is 0 Å². The molecule has 1 saturated heterocycles. The number of anilines is 2. The van der Waals surface area contributed by atoms with Crippen LogP contribution < -0.4 is 11.1 Å². The fourth-order valence-electron chi connectivity index (χ4n) is 3.44.